The number of nitrogens with zero attached hydrogens (tertiary/aromatic N) is 3. The van der Waals surface area contributed by atoms with E-state index >= 15 is 4.39 Å². The second kappa shape index (κ2) is 11.4. The molecule has 2 bridgehead atoms. The molecule has 2 fully saturated rings. The Morgan fingerprint density at radius 1 is 1.10 bits per heavy atom. The Morgan fingerprint density at radius 3 is 2.59 bits per heavy atom. The number of ketones is 1. The highest BCUT2D eigenvalue weighted by molar-refractivity contribution is 5.93. The van der Waals surface area contributed by atoms with Crippen LogP contribution in [0.15, 0.2) is 18.2 Å². The Morgan fingerprint density at radius 2 is 1.88 bits per heavy atom. The van der Waals surface area contributed by atoms with Gasteiger partial charge in [-0.25, -0.2) is 19.2 Å². The maximum Gasteiger partial charge on any atom is 0.408 e. The second-order valence-corrected chi connectivity index (χ2v) is 12.5. The summed E-state index contributed by atoms with van der Waals surface area (Å²) < 4.78 is 33.1. The minimum absolute atomic E-state index is 0.177. The second-order valence-electron chi connectivity index (χ2n) is 12.5. The van der Waals surface area contributed by atoms with Crippen LogP contribution in [0.25, 0.3) is 11.0 Å². The third-order valence-corrected chi connectivity index (χ3v) is 8.22. The monoisotopic (exact) mass is 570 g/mol. The summed E-state index contributed by atoms with van der Waals surface area (Å²) in [4.78, 5) is 50.0. The van der Waals surface area contributed by atoms with Gasteiger partial charge in [0.05, 0.1) is 24.7 Å². The lowest BCUT2D eigenvalue weighted by Crippen LogP contribution is -2.57. The molecule has 2 amide bonds. The number of benzene rings is 1. The number of alkyl halides is 1. The average Bonchev–Trinajstić information content (AvgIpc) is 3.56. The molecular weight excluding hydrogens is 531 g/mol. The predicted molar refractivity (Wildman–Crippen MR) is 149 cm³/mol. The van der Waals surface area contributed by atoms with Gasteiger partial charge in [-0.05, 0) is 56.1 Å². The summed E-state index contributed by atoms with van der Waals surface area (Å²) in [6.07, 6.45) is 1.23. The molecule has 2 aliphatic heterocycles. The molecule has 5 rings (SSSR count). The number of amides is 2. The lowest BCUT2D eigenvalue weighted by Gasteiger charge is -2.34. The molecule has 1 aromatic heterocycles. The van der Waals surface area contributed by atoms with Crippen molar-refractivity contribution >= 4 is 28.8 Å². The Balaban J connectivity index is 1.51. The molecule has 0 radical (unpaired) electrons. The Labute approximate surface area is 239 Å². The van der Waals surface area contributed by atoms with E-state index in [1.807, 2.05) is 6.07 Å². The summed E-state index contributed by atoms with van der Waals surface area (Å²) in [7, 11) is 1.56. The van der Waals surface area contributed by atoms with Gasteiger partial charge in [-0.15, -0.1) is 0 Å². The Bertz CT molecular complexity index is 1330. The van der Waals surface area contributed by atoms with E-state index in [0.29, 0.717) is 34.8 Å². The minimum Gasteiger partial charge on any atom is -0.497 e. The number of hydrogen-bond acceptors (Lipinski definition) is 8. The minimum atomic E-state index is -1.80. The van der Waals surface area contributed by atoms with Crippen molar-refractivity contribution in [2.45, 2.75) is 96.7 Å². The maximum atomic E-state index is 16.0. The predicted octanol–water partition coefficient (Wildman–Crippen LogP) is 4.17. The number of hydrogen-bond donors (Lipinski definition) is 1. The van der Waals surface area contributed by atoms with Crippen molar-refractivity contribution in [2.75, 3.05) is 13.7 Å². The molecular formula is C30H39FN4O6. The highest BCUT2D eigenvalue weighted by atomic mass is 19.1. The van der Waals surface area contributed by atoms with Crippen LogP contribution in [0.3, 0.4) is 0 Å². The van der Waals surface area contributed by atoms with Crippen molar-refractivity contribution in [1.82, 2.24) is 20.2 Å². The number of alkyl carbamates (subject to hydrolysis) is 1. The number of aromatic nitrogens is 2. The molecule has 1 N–H and O–H groups in total. The first-order valence-corrected chi connectivity index (χ1v) is 14.4. The zero-order chi connectivity index (χ0) is 29.5. The molecule has 1 aliphatic carbocycles. The van der Waals surface area contributed by atoms with Crippen LogP contribution in [-0.4, -0.2) is 76.8 Å². The van der Waals surface area contributed by atoms with Gasteiger partial charge in [0.25, 0.3) is 0 Å². The maximum absolute atomic E-state index is 16.0. The van der Waals surface area contributed by atoms with Crippen LogP contribution in [0.4, 0.5) is 9.18 Å². The number of carbonyl (C=O) groups excluding carboxylic acids is 3. The lowest BCUT2D eigenvalue weighted by molar-refractivity contribution is -0.141. The number of rotatable bonds is 2. The normalized spacial score (nSPS) is 29.3. The average molecular weight is 571 g/mol. The largest absolute Gasteiger partial charge is 0.497 e. The fraction of sp³-hybridized carbons (Fsp3) is 0.633. The molecule has 11 heteroatoms. The van der Waals surface area contributed by atoms with Crippen LogP contribution in [0.5, 0.6) is 11.6 Å². The van der Waals surface area contributed by atoms with E-state index in [2.05, 4.69) is 10.3 Å². The van der Waals surface area contributed by atoms with E-state index in [9.17, 15) is 14.4 Å². The van der Waals surface area contributed by atoms with E-state index < -0.39 is 47.6 Å². The van der Waals surface area contributed by atoms with Crippen LogP contribution in [0, 0.1) is 11.3 Å². The van der Waals surface area contributed by atoms with E-state index in [1.54, 1.807) is 40.0 Å². The summed E-state index contributed by atoms with van der Waals surface area (Å²) in [6, 6.07) is 2.96. The van der Waals surface area contributed by atoms with E-state index in [1.165, 1.54) is 11.8 Å². The first-order valence-electron chi connectivity index (χ1n) is 14.4. The molecule has 41 heavy (non-hydrogen) atoms. The smallest absolute Gasteiger partial charge is 0.408 e. The van der Waals surface area contributed by atoms with Crippen molar-refractivity contribution in [3.8, 4) is 11.6 Å². The van der Waals surface area contributed by atoms with Gasteiger partial charge < -0.3 is 24.4 Å². The molecule has 2 aromatic rings. The molecule has 10 nitrogen and oxygen atoms in total. The highest BCUT2D eigenvalue weighted by Crippen LogP contribution is 2.39. The van der Waals surface area contributed by atoms with Crippen LogP contribution < -0.4 is 14.8 Å². The Kier molecular flexibility index (Phi) is 8.07. The van der Waals surface area contributed by atoms with Crippen LogP contribution >= 0.6 is 0 Å². The van der Waals surface area contributed by atoms with Crippen molar-refractivity contribution in [1.29, 1.82) is 0 Å². The van der Waals surface area contributed by atoms with Gasteiger partial charge in [-0.3, -0.25) is 9.59 Å². The molecule has 6 atom stereocenters. The van der Waals surface area contributed by atoms with Crippen molar-refractivity contribution < 1.29 is 33.0 Å². The number of methoxy groups -OCH3 is 1. The third-order valence-electron chi connectivity index (χ3n) is 8.22. The zero-order valence-corrected chi connectivity index (χ0v) is 24.3. The summed E-state index contributed by atoms with van der Waals surface area (Å²) in [5, 5.41) is 2.71. The van der Waals surface area contributed by atoms with Gasteiger partial charge in [0.15, 0.2) is 18.1 Å². The SMILES string of the molecule is COc1ccc2nc3c(nc2c1)O[C@H]1CN(C(=O)[C@H](C(C)(C)C)NC(=O)O[C@@H]2C[C@H]2CCCCC3)[C@H](C(C)=O)[C@@H]1F. The fourth-order valence-corrected chi connectivity index (χ4v) is 5.79. The van der Waals surface area contributed by atoms with Gasteiger partial charge >= 0.3 is 6.09 Å². The third kappa shape index (κ3) is 6.23. The summed E-state index contributed by atoms with van der Waals surface area (Å²) in [5.74, 6) is 0.0148. The fourth-order valence-electron chi connectivity index (χ4n) is 5.79. The van der Waals surface area contributed by atoms with Crippen molar-refractivity contribution in [3.63, 3.8) is 0 Å². The molecule has 0 unspecified atom stereocenters. The number of carbonyl (C=O) groups is 3. The molecule has 0 spiro atoms. The topological polar surface area (TPSA) is 120 Å². The molecule has 1 saturated heterocycles. The molecule has 3 aliphatic rings. The van der Waals surface area contributed by atoms with E-state index in [4.69, 9.17) is 19.2 Å². The van der Waals surface area contributed by atoms with Gasteiger partial charge in [0.2, 0.25) is 11.8 Å². The van der Waals surface area contributed by atoms with Gasteiger partial charge in [-0.1, -0.05) is 33.6 Å². The Hall–Kier alpha value is -3.50. The van der Waals surface area contributed by atoms with E-state index in [-0.39, 0.29) is 18.5 Å². The summed E-state index contributed by atoms with van der Waals surface area (Å²) in [6.45, 7) is 6.46. The van der Waals surface area contributed by atoms with Gasteiger partial charge in [-0.2, -0.15) is 0 Å². The van der Waals surface area contributed by atoms with Crippen LogP contribution in [0.1, 0.15) is 65.5 Å². The number of Topliss-reactive ketones (excluding diaryl/α,β-unsaturated/α-hetero) is 1. The first kappa shape index (κ1) is 29.0. The van der Waals surface area contributed by atoms with Gasteiger partial charge in [0, 0.05) is 6.07 Å². The summed E-state index contributed by atoms with van der Waals surface area (Å²) >= 11 is 0. The van der Waals surface area contributed by atoms with Crippen LogP contribution in [-0.2, 0) is 20.7 Å². The lowest BCUT2D eigenvalue weighted by atomic mass is 9.85. The zero-order valence-electron chi connectivity index (χ0n) is 24.3. The number of ether oxygens (including phenoxy) is 3. The quantitative estimate of drug-likeness (QED) is 0.572. The number of nitrogens with one attached hydrogen (secondary N) is 1. The van der Waals surface area contributed by atoms with Crippen molar-refractivity contribution in [2.24, 2.45) is 11.3 Å². The van der Waals surface area contributed by atoms with Crippen LogP contribution in [0.2, 0.25) is 0 Å². The summed E-state index contributed by atoms with van der Waals surface area (Å²) in [5.41, 5.74) is 1.07. The standard InChI is InChI=1S/C30H39FN4O6/c1-16(36)25-24(31)23-15-35(25)28(37)26(30(2,3)4)34-29(38)41-22-13-17(22)9-7-6-8-10-20-27(40-23)33-21-14-18(39-5)11-12-19(21)32-20/h11-12,14,17,22-26H,6-10,13,15H2,1-5H3,(H,34,38)/t17-,22-,23+,24-,25-,26-/m1/s1. The number of fused-ring (bicyclic) bond motifs is 5. The van der Waals surface area contributed by atoms with E-state index in [0.717, 1.165) is 32.1 Å². The number of aryl methyl sites for hydroxylation is 1. The highest BCUT2D eigenvalue weighted by Gasteiger charge is 2.52. The van der Waals surface area contributed by atoms with Gasteiger partial charge in [0.1, 0.15) is 29.6 Å². The molecule has 1 aromatic carbocycles. The molecule has 1 saturated carbocycles. The van der Waals surface area contributed by atoms with Crippen molar-refractivity contribution in [3.05, 3.63) is 23.9 Å². The molecule has 3 heterocycles. The number of halogens is 1. The first-order chi connectivity index (χ1) is 19.5. The molecule has 222 valence electrons.